The lowest BCUT2D eigenvalue weighted by atomic mass is 10.0. The molecule has 1 fully saturated rings. The molecule has 0 aromatic carbocycles. The lowest BCUT2D eigenvalue weighted by molar-refractivity contribution is 0.377. The zero-order chi connectivity index (χ0) is 12.5. The molecule has 1 saturated heterocycles. The van der Waals surface area contributed by atoms with E-state index in [1.54, 1.807) is 0 Å². The first kappa shape index (κ1) is 12.9. The number of aromatic nitrogens is 2. The van der Waals surface area contributed by atoms with Gasteiger partial charge in [-0.2, -0.15) is 5.10 Å². The Labute approximate surface area is 108 Å². The van der Waals surface area contributed by atoms with Gasteiger partial charge in [0.15, 0.2) is 0 Å². The highest BCUT2D eigenvalue weighted by molar-refractivity contribution is 6.31. The molecule has 0 radical (unpaired) electrons. The van der Waals surface area contributed by atoms with Crippen LogP contribution in [0, 0.1) is 6.92 Å². The van der Waals surface area contributed by atoms with E-state index in [2.05, 4.69) is 29.6 Å². The predicted molar refractivity (Wildman–Crippen MR) is 70.4 cm³/mol. The summed E-state index contributed by atoms with van der Waals surface area (Å²) in [4.78, 5) is 0. The largest absolute Gasteiger partial charge is 0.315 e. The highest BCUT2D eigenvalue weighted by Crippen LogP contribution is 2.22. The first-order valence-electron chi connectivity index (χ1n) is 6.23. The van der Waals surface area contributed by atoms with Crippen LogP contribution in [0.15, 0.2) is 0 Å². The van der Waals surface area contributed by atoms with Gasteiger partial charge in [0.05, 0.1) is 16.4 Å². The zero-order valence-electron chi connectivity index (χ0n) is 10.8. The molecule has 0 saturated carbocycles. The molecule has 0 amide bonds. The second kappa shape index (κ2) is 4.96. The number of hydrogen-bond donors (Lipinski definition) is 2. The Hall–Kier alpha value is -0.580. The van der Waals surface area contributed by atoms with Crippen molar-refractivity contribution < 1.29 is 0 Å². The van der Waals surface area contributed by atoms with Crippen molar-refractivity contribution >= 4 is 11.6 Å². The predicted octanol–water partition coefficient (Wildman–Crippen LogP) is 1.71. The van der Waals surface area contributed by atoms with Crippen LogP contribution in [0.25, 0.3) is 0 Å². The number of rotatable bonds is 4. The second-order valence-electron chi connectivity index (χ2n) is 5.00. The topological polar surface area (TPSA) is 41.9 Å². The fourth-order valence-corrected chi connectivity index (χ4v) is 2.50. The maximum Gasteiger partial charge on any atom is 0.0860 e. The molecule has 17 heavy (non-hydrogen) atoms. The van der Waals surface area contributed by atoms with E-state index in [4.69, 9.17) is 11.6 Å². The van der Waals surface area contributed by atoms with Gasteiger partial charge in [0.2, 0.25) is 0 Å². The molecule has 1 unspecified atom stereocenters. The third-order valence-electron chi connectivity index (χ3n) is 3.50. The Morgan fingerprint density at radius 1 is 1.59 bits per heavy atom. The number of aryl methyl sites for hydroxylation is 2. The van der Waals surface area contributed by atoms with E-state index in [9.17, 15) is 0 Å². The minimum absolute atomic E-state index is 0.181. The Bertz CT molecular complexity index is 393. The summed E-state index contributed by atoms with van der Waals surface area (Å²) in [7, 11) is 0. The van der Waals surface area contributed by atoms with Gasteiger partial charge in [-0.3, -0.25) is 4.68 Å². The minimum atomic E-state index is 0.181. The van der Waals surface area contributed by atoms with E-state index in [1.807, 2.05) is 11.6 Å². The monoisotopic (exact) mass is 256 g/mol. The molecule has 0 aliphatic carbocycles. The average Bonchev–Trinajstić information content (AvgIpc) is 2.84. The van der Waals surface area contributed by atoms with Crippen LogP contribution in [0.4, 0.5) is 0 Å². The van der Waals surface area contributed by atoms with Gasteiger partial charge in [0.1, 0.15) is 0 Å². The van der Waals surface area contributed by atoms with Crippen molar-refractivity contribution in [3.63, 3.8) is 0 Å². The van der Waals surface area contributed by atoms with Crippen LogP contribution < -0.4 is 10.6 Å². The van der Waals surface area contributed by atoms with E-state index < -0.39 is 0 Å². The number of halogens is 1. The van der Waals surface area contributed by atoms with E-state index in [1.165, 1.54) is 0 Å². The van der Waals surface area contributed by atoms with Crippen molar-refractivity contribution in [1.29, 1.82) is 0 Å². The molecule has 2 heterocycles. The Kier molecular flexibility index (Phi) is 3.76. The lowest BCUT2D eigenvalue weighted by Gasteiger charge is -2.24. The maximum atomic E-state index is 6.28. The minimum Gasteiger partial charge on any atom is -0.315 e. The highest BCUT2D eigenvalue weighted by atomic mass is 35.5. The van der Waals surface area contributed by atoms with Crippen LogP contribution >= 0.6 is 11.6 Å². The van der Waals surface area contributed by atoms with Gasteiger partial charge in [0.25, 0.3) is 0 Å². The summed E-state index contributed by atoms with van der Waals surface area (Å²) in [5.74, 6) is 0. The molecule has 0 spiro atoms. The molecule has 5 heteroatoms. The summed E-state index contributed by atoms with van der Waals surface area (Å²) >= 11 is 6.28. The smallest absolute Gasteiger partial charge is 0.0860 e. The van der Waals surface area contributed by atoms with E-state index >= 15 is 0 Å². The fraction of sp³-hybridized carbons (Fsp3) is 0.750. The summed E-state index contributed by atoms with van der Waals surface area (Å²) < 4.78 is 1.98. The SMILES string of the molecule is CCn1nc(C)c(Cl)c1CNC1(C)CCNC1. The third kappa shape index (κ3) is 2.64. The van der Waals surface area contributed by atoms with Crippen LogP contribution in [0.1, 0.15) is 31.7 Å². The first-order valence-corrected chi connectivity index (χ1v) is 6.61. The third-order valence-corrected chi connectivity index (χ3v) is 4.00. The lowest BCUT2D eigenvalue weighted by Crippen LogP contribution is -2.43. The number of hydrogen-bond acceptors (Lipinski definition) is 3. The van der Waals surface area contributed by atoms with Gasteiger partial charge in [-0.15, -0.1) is 0 Å². The summed E-state index contributed by atoms with van der Waals surface area (Å²) in [6.45, 7) is 10.0. The summed E-state index contributed by atoms with van der Waals surface area (Å²) in [5.41, 5.74) is 2.19. The van der Waals surface area contributed by atoms with Crippen molar-refractivity contribution in [1.82, 2.24) is 20.4 Å². The molecule has 1 aliphatic heterocycles. The van der Waals surface area contributed by atoms with Crippen LogP contribution in [0.3, 0.4) is 0 Å². The van der Waals surface area contributed by atoms with Gasteiger partial charge in [-0.1, -0.05) is 11.6 Å². The molecule has 0 bridgehead atoms. The Balaban J connectivity index is 2.08. The van der Waals surface area contributed by atoms with Crippen LogP contribution in [-0.4, -0.2) is 28.4 Å². The number of nitrogens with zero attached hydrogens (tertiary/aromatic N) is 2. The van der Waals surface area contributed by atoms with Gasteiger partial charge < -0.3 is 10.6 Å². The van der Waals surface area contributed by atoms with Crippen LogP contribution in [-0.2, 0) is 13.1 Å². The van der Waals surface area contributed by atoms with Crippen molar-refractivity contribution in [3.05, 3.63) is 16.4 Å². The zero-order valence-corrected chi connectivity index (χ0v) is 11.6. The average molecular weight is 257 g/mol. The highest BCUT2D eigenvalue weighted by Gasteiger charge is 2.28. The number of nitrogens with one attached hydrogen (secondary N) is 2. The quantitative estimate of drug-likeness (QED) is 0.862. The molecule has 1 aliphatic rings. The molecule has 1 atom stereocenters. The fourth-order valence-electron chi connectivity index (χ4n) is 2.30. The molecule has 2 rings (SSSR count). The molecule has 96 valence electrons. The molecule has 2 N–H and O–H groups in total. The van der Waals surface area contributed by atoms with Crippen molar-refractivity contribution in [2.45, 2.75) is 45.8 Å². The summed E-state index contributed by atoms with van der Waals surface area (Å²) in [6, 6.07) is 0. The normalized spacial score (nSPS) is 24.5. The van der Waals surface area contributed by atoms with Crippen molar-refractivity contribution in [2.24, 2.45) is 0 Å². The van der Waals surface area contributed by atoms with Gasteiger partial charge >= 0.3 is 0 Å². The van der Waals surface area contributed by atoms with Gasteiger partial charge in [-0.25, -0.2) is 0 Å². The first-order chi connectivity index (χ1) is 8.06. The van der Waals surface area contributed by atoms with E-state index in [-0.39, 0.29) is 5.54 Å². The standard InChI is InChI=1S/C12H21ClN4/c1-4-17-10(11(13)9(2)16-17)7-15-12(3)5-6-14-8-12/h14-15H,4-8H2,1-3H3. The molecular weight excluding hydrogens is 236 g/mol. The summed E-state index contributed by atoms with van der Waals surface area (Å²) in [5, 5.41) is 12.2. The van der Waals surface area contributed by atoms with Crippen molar-refractivity contribution in [2.75, 3.05) is 13.1 Å². The van der Waals surface area contributed by atoms with Crippen molar-refractivity contribution in [3.8, 4) is 0 Å². The second-order valence-corrected chi connectivity index (χ2v) is 5.38. The van der Waals surface area contributed by atoms with Crippen LogP contribution in [0.2, 0.25) is 5.02 Å². The van der Waals surface area contributed by atoms with E-state index in [0.29, 0.717) is 0 Å². The Morgan fingerprint density at radius 3 is 2.94 bits per heavy atom. The van der Waals surface area contributed by atoms with Gasteiger partial charge in [-0.05, 0) is 33.7 Å². The molecule has 1 aromatic rings. The van der Waals surface area contributed by atoms with Crippen LogP contribution in [0.5, 0.6) is 0 Å². The summed E-state index contributed by atoms with van der Waals surface area (Å²) in [6.07, 6.45) is 1.16. The molecule has 1 aromatic heterocycles. The Morgan fingerprint density at radius 2 is 2.35 bits per heavy atom. The van der Waals surface area contributed by atoms with E-state index in [0.717, 1.165) is 49.0 Å². The van der Waals surface area contributed by atoms with Gasteiger partial charge in [0, 0.05) is 25.2 Å². The molecular formula is C12H21ClN4. The maximum absolute atomic E-state index is 6.28. The molecule has 4 nitrogen and oxygen atoms in total.